The van der Waals surface area contributed by atoms with Gasteiger partial charge < -0.3 is 0 Å². The molecule has 1 atom stereocenters. The second-order valence-electron chi connectivity index (χ2n) is 13.7. The molecule has 6 heterocycles. The summed E-state index contributed by atoms with van der Waals surface area (Å²) < 4.78 is 13.0. The number of imidazole rings is 3. The molecule has 56 heavy (non-hydrogen) atoms. The minimum atomic E-state index is 0.318. The van der Waals surface area contributed by atoms with Crippen LogP contribution in [0.1, 0.15) is 0 Å². The molecule has 0 fully saturated rings. The summed E-state index contributed by atoms with van der Waals surface area (Å²) in [4.78, 5) is 19.1. The molecular formula is C42H37N12Se2+3. The van der Waals surface area contributed by atoms with Gasteiger partial charge in [0.15, 0.2) is 0 Å². The molecule has 10 rings (SSSR count). The predicted molar refractivity (Wildman–Crippen MR) is 222 cm³/mol. The summed E-state index contributed by atoms with van der Waals surface area (Å²) in [6, 6.07) is 38.4. The number of fused-ring (bicyclic) bond motifs is 6. The molecule has 1 aliphatic heterocycles. The van der Waals surface area contributed by atoms with Crippen molar-refractivity contribution in [1.82, 2.24) is 28.7 Å². The molecule has 9 aromatic rings. The number of anilines is 4. The van der Waals surface area contributed by atoms with Crippen LogP contribution in [-0.4, -0.2) is 80.0 Å². The van der Waals surface area contributed by atoms with E-state index >= 15 is 0 Å². The van der Waals surface area contributed by atoms with Gasteiger partial charge in [-0.1, -0.05) is 0 Å². The van der Waals surface area contributed by atoms with E-state index in [0.717, 1.165) is 84.4 Å². The fourth-order valence-corrected chi connectivity index (χ4v) is 13.3. The van der Waals surface area contributed by atoms with E-state index in [2.05, 4.69) is 141 Å². The predicted octanol–water partition coefficient (Wildman–Crippen LogP) is 3.17. The third-order valence-corrected chi connectivity index (χ3v) is 17.3. The summed E-state index contributed by atoms with van der Waals surface area (Å²) in [5.41, 5.74) is 10.6. The van der Waals surface area contributed by atoms with Gasteiger partial charge in [0.1, 0.15) is 0 Å². The number of benzene rings is 4. The molecule has 0 radical (unpaired) electrons. The number of hydrogen-bond acceptors (Lipinski definition) is 5. The first kappa shape index (κ1) is 34.2. The summed E-state index contributed by atoms with van der Waals surface area (Å²) >= 11 is 0.637. The number of rotatable bonds is 9. The number of nitrogens with one attached hydrogen (secondary N) is 4. The number of hydrogen-bond donors (Lipinski definition) is 4. The quantitative estimate of drug-likeness (QED) is 0.102. The first-order valence-electron chi connectivity index (χ1n) is 18.1. The van der Waals surface area contributed by atoms with Gasteiger partial charge in [0.2, 0.25) is 0 Å². The van der Waals surface area contributed by atoms with Crippen LogP contribution in [0, 0.1) is 7.05 Å². The molecule has 0 aliphatic carbocycles. The van der Waals surface area contributed by atoms with Crippen LogP contribution in [0.3, 0.4) is 0 Å². The van der Waals surface area contributed by atoms with Crippen LogP contribution in [0.15, 0.2) is 128 Å². The number of aromatic nitrogens is 8. The van der Waals surface area contributed by atoms with Crippen LogP contribution in [-0.2, 0) is 7.05 Å². The number of H-pyrrole nitrogens is 1. The van der Waals surface area contributed by atoms with Gasteiger partial charge in [-0.05, 0) is 0 Å². The minimum absolute atomic E-state index is 0.318. The standard InChI is InChI=1S/C42H35N12Se2/c1-49-23-43-37-35(49)42-52(4)34(28-13-9-6-10-14-28)40(54(42)24-44-37)47-30-17-21-32(22-18-30)56-55-31-19-15-29(16-20-31)46-38-33(27-11-7-5-8-12-27)48-41-36-39(45-25-53(38)41)51(3)26-50(36)2/h5-26,46-47H,4H2,1-3H3/q+1/p+2. The topological polar surface area (TPSA) is 103 Å². The molecule has 0 spiro atoms. The van der Waals surface area contributed by atoms with Gasteiger partial charge >= 0.3 is 335 Å². The molecule has 0 saturated heterocycles. The van der Waals surface area contributed by atoms with Crippen molar-refractivity contribution in [3.05, 3.63) is 135 Å². The Balaban J connectivity index is 0.878. The number of aromatic amines is 1. The van der Waals surface area contributed by atoms with Crippen molar-refractivity contribution in [2.45, 2.75) is 0 Å². The van der Waals surface area contributed by atoms with Crippen LogP contribution in [0.4, 0.5) is 34.5 Å². The van der Waals surface area contributed by atoms with E-state index in [1.54, 1.807) is 0 Å². The average Bonchev–Trinajstić information content (AvgIpc) is 3.96. The summed E-state index contributed by atoms with van der Waals surface area (Å²) in [6.07, 6.45) is 7.76. The molecule has 274 valence electrons. The summed E-state index contributed by atoms with van der Waals surface area (Å²) in [5.74, 6) is 2.78. The van der Waals surface area contributed by atoms with Crippen molar-refractivity contribution in [2.75, 3.05) is 24.7 Å². The van der Waals surface area contributed by atoms with Crippen molar-refractivity contribution in [2.24, 2.45) is 7.05 Å². The Morgan fingerprint density at radius 3 is 2.00 bits per heavy atom. The van der Waals surface area contributed by atoms with E-state index in [-0.39, 0.29) is 0 Å². The Kier molecular flexibility index (Phi) is 8.43. The van der Waals surface area contributed by atoms with Crippen LogP contribution >= 0.6 is 0 Å². The van der Waals surface area contributed by atoms with Crippen molar-refractivity contribution in [1.29, 1.82) is 0 Å². The summed E-state index contributed by atoms with van der Waals surface area (Å²) in [5, 5.41) is 7.40. The fourth-order valence-electron chi connectivity index (χ4n) is 7.38. The molecular weight excluding hydrogens is 830 g/mol. The maximum atomic E-state index is 5.17. The van der Waals surface area contributed by atoms with Crippen LogP contribution in [0.5, 0.6) is 0 Å². The molecule has 0 saturated carbocycles. The molecule has 14 heteroatoms. The average molecular weight is 868 g/mol. The Labute approximate surface area is 333 Å². The molecule has 0 bridgehead atoms. The zero-order valence-electron chi connectivity index (χ0n) is 30.8. The Hall–Kier alpha value is -6.27. The monoisotopic (exact) mass is 869 g/mol. The Bertz CT molecular complexity index is 2950. The van der Waals surface area contributed by atoms with Crippen LogP contribution in [0.2, 0.25) is 0 Å². The number of quaternary nitrogens is 1. The third-order valence-electron chi connectivity index (χ3n) is 10.0. The molecule has 4 aromatic carbocycles. The zero-order chi connectivity index (χ0) is 37.9. The molecule has 0 amide bonds. The SMILES string of the molecule is [CH2-][n+]1c(-c2ccccc2)c(Nc2ccc([Se][Se]c3ccc(Nc4c(-c5ccccc5)nc5c6c(ncn45)[NH+](C)C=[N+]6C)cc3)cc2)n2cnc3[nH]c[n+](C)c3c21. The zero-order valence-corrected chi connectivity index (χ0v) is 34.2. The first-order valence-corrected chi connectivity index (χ1v) is 24.1. The normalized spacial score (nSPS) is 13.8. The molecule has 12 nitrogen and oxygen atoms in total. The van der Waals surface area contributed by atoms with E-state index in [9.17, 15) is 0 Å². The molecule has 4 N–H and O–H groups in total. The van der Waals surface area contributed by atoms with Crippen molar-refractivity contribution in [3.8, 4) is 22.5 Å². The third kappa shape index (κ3) is 5.83. The molecule has 1 unspecified atom stereocenters. The van der Waals surface area contributed by atoms with Gasteiger partial charge in [-0.2, -0.15) is 0 Å². The summed E-state index contributed by atoms with van der Waals surface area (Å²) in [6.45, 7) is 0. The van der Waals surface area contributed by atoms with Gasteiger partial charge in [0, 0.05) is 0 Å². The van der Waals surface area contributed by atoms with E-state index in [1.165, 1.54) is 8.92 Å². The fraction of sp³-hybridized carbons (Fsp3) is 0.0714. The number of nitrogens with zero attached hydrogens (tertiary/aromatic N) is 8. The van der Waals surface area contributed by atoms with Crippen LogP contribution < -0.4 is 33.6 Å². The molecule has 1 aliphatic rings. The van der Waals surface area contributed by atoms with E-state index < -0.39 is 0 Å². The van der Waals surface area contributed by atoms with Crippen molar-refractivity contribution in [3.63, 3.8) is 0 Å². The van der Waals surface area contributed by atoms with Crippen LogP contribution in [0.25, 0.3) is 45.0 Å². The number of aryl methyl sites for hydroxylation is 1. The van der Waals surface area contributed by atoms with Gasteiger partial charge in [-0.15, -0.1) is 0 Å². The van der Waals surface area contributed by atoms with Gasteiger partial charge in [-0.3, -0.25) is 0 Å². The Morgan fingerprint density at radius 1 is 0.732 bits per heavy atom. The second-order valence-corrected chi connectivity index (χ2v) is 20.0. The van der Waals surface area contributed by atoms with Gasteiger partial charge in [0.25, 0.3) is 0 Å². The second kappa shape index (κ2) is 13.8. The van der Waals surface area contributed by atoms with Gasteiger partial charge in [-0.25, -0.2) is 0 Å². The van der Waals surface area contributed by atoms with Gasteiger partial charge in [0.05, 0.1) is 0 Å². The van der Waals surface area contributed by atoms with Crippen molar-refractivity contribution >= 4 is 98.5 Å². The first-order chi connectivity index (χ1) is 27.4. The maximum absolute atomic E-state index is 5.17. The van der Waals surface area contributed by atoms with E-state index in [0.29, 0.717) is 26.3 Å². The van der Waals surface area contributed by atoms with Crippen molar-refractivity contribution < 1.29 is 18.6 Å². The van der Waals surface area contributed by atoms with E-state index in [4.69, 9.17) is 15.0 Å². The van der Waals surface area contributed by atoms with E-state index in [1.807, 2.05) is 59.4 Å². The summed E-state index contributed by atoms with van der Waals surface area (Å²) in [7, 11) is 10.6. The molecule has 5 aromatic heterocycles. The Morgan fingerprint density at radius 2 is 1.34 bits per heavy atom.